The summed E-state index contributed by atoms with van der Waals surface area (Å²) in [5.41, 5.74) is 4.27. The summed E-state index contributed by atoms with van der Waals surface area (Å²) >= 11 is 1.53. The first-order chi connectivity index (χ1) is 19.0. The number of oxazole rings is 1. The summed E-state index contributed by atoms with van der Waals surface area (Å²) in [4.78, 5) is 28.7. The molecule has 0 fully saturated rings. The Balaban J connectivity index is 1.50. The number of methoxy groups -OCH3 is 1. The Hall–Kier alpha value is -4.56. The topological polar surface area (TPSA) is 102 Å². The number of ether oxygens (including phenoxy) is 1. The number of thioether (sulfide) groups is 1. The number of anilines is 1. The number of esters is 1. The van der Waals surface area contributed by atoms with Crippen molar-refractivity contribution in [2.75, 3.05) is 18.2 Å². The number of rotatable bonds is 10. The summed E-state index contributed by atoms with van der Waals surface area (Å²) in [7, 11) is 1.30. The lowest BCUT2D eigenvalue weighted by molar-refractivity contribution is -0.137. The average molecular weight is 539 g/mol. The zero-order valence-corrected chi connectivity index (χ0v) is 21.9. The smallest absolute Gasteiger partial charge is 0.337 e. The van der Waals surface area contributed by atoms with E-state index in [-0.39, 0.29) is 11.8 Å². The van der Waals surface area contributed by atoms with Crippen LogP contribution in [0.3, 0.4) is 0 Å². The number of nitrogens with one attached hydrogen (secondary N) is 1. The van der Waals surface area contributed by atoms with Crippen LogP contribution in [-0.2, 0) is 14.3 Å². The Morgan fingerprint density at radius 2 is 1.44 bits per heavy atom. The molecule has 0 aliphatic carbocycles. The average Bonchev–Trinajstić information content (AvgIpc) is 3.40. The standard InChI is InChI=1S/C31H26N2O5S/c1-37-29(36)21-17-18-25-27(19-21)38-30(32-25)33-26(28(34)35)20-39-31(22-11-5-2-6-12-22,23-13-7-3-8-14-23)24-15-9-4-10-16-24/h2-19,26H,20H2,1H3,(H,32,33)(H,34,35)/t26-/m0/s1. The Labute approximate surface area is 229 Å². The number of nitrogens with zero attached hydrogens (tertiary/aromatic N) is 1. The van der Waals surface area contributed by atoms with Gasteiger partial charge in [-0.15, -0.1) is 11.8 Å². The van der Waals surface area contributed by atoms with Crippen LogP contribution in [0.1, 0.15) is 27.0 Å². The first-order valence-electron chi connectivity index (χ1n) is 12.3. The Bertz CT molecular complexity index is 1480. The van der Waals surface area contributed by atoms with Gasteiger partial charge in [0.25, 0.3) is 6.01 Å². The van der Waals surface area contributed by atoms with Gasteiger partial charge < -0.3 is 19.6 Å². The minimum atomic E-state index is -1.04. The monoisotopic (exact) mass is 538 g/mol. The molecule has 0 saturated carbocycles. The maximum atomic E-state index is 12.4. The number of aliphatic carboxylic acids is 1. The third kappa shape index (κ3) is 5.37. The summed E-state index contributed by atoms with van der Waals surface area (Å²) in [6.45, 7) is 0. The van der Waals surface area contributed by atoms with Gasteiger partial charge in [-0.3, -0.25) is 0 Å². The number of fused-ring (bicyclic) bond motifs is 1. The lowest BCUT2D eigenvalue weighted by Crippen LogP contribution is -2.35. The summed E-state index contributed by atoms with van der Waals surface area (Å²) in [6.07, 6.45) is 0. The van der Waals surface area contributed by atoms with Gasteiger partial charge in [0.05, 0.1) is 17.4 Å². The highest BCUT2D eigenvalue weighted by molar-refractivity contribution is 8.00. The molecular formula is C31H26N2O5S. The lowest BCUT2D eigenvalue weighted by Gasteiger charge is -2.36. The van der Waals surface area contributed by atoms with Crippen molar-refractivity contribution in [2.45, 2.75) is 10.8 Å². The van der Waals surface area contributed by atoms with Crippen molar-refractivity contribution in [1.29, 1.82) is 0 Å². The van der Waals surface area contributed by atoms with Crippen molar-refractivity contribution in [2.24, 2.45) is 0 Å². The van der Waals surface area contributed by atoms with Gasteiger partial charge in [0.15, 0.2) is 5.58 Å². The molecule has 0 radical (unpaired) electrons. The van der Waals surface area contributed by atoms with Crippen molar-refractivity contribution in [1.82, 2.24) is 4.98 Å². The number of aromatic nitrogens is 1. The van der Waals surface area contributed by atoms with Gasteiger partial charge in [-0.05, 0) is 34.9 Å². The summed E-state index contributed by atoms with van der Waals surface area (Å²) in [6, 6.07) is 34.0. The fraction of sp³-hybridized carbons (Fsp3) is 0.129. The summed E-state index contributed by atoms with van der Waals surface area (Å²) < 4.78 is 9.86. The van der Waals surface area contributed by atoms with E-state index >= 15 is 0 Å². The number of benzene rings is 4. The Kier molecular flexibility index (Phi) is 7.65. The van der Waals surface area contributed by atoms with E-state index in [1.807, 2.05) is 54.6 Å². The van der Waals surface area contributed by atoms with Crippen LogP contribution in [0.25, 0.3) is 11.1 Å². The molecule has 196 valence electrons. The van der Waals surface area contributed by atoms with E-state index in [0.29, 0.717) is 16.7 Å². The molecule has 0 amide bonds. The number of carboxylic acid groups (broad SMARTS) is 1. The molecule has 2 N–H and O–H groups in total. The molecule has 5 rings (SSSR count). The first kappa shape index (κ1) is 26.1. The van der Waals surface area contributed by atoms with Crippen molar-refractivity contribution in [3.63, 3.8) is 0 Å². The second-order valence-corrected chi connectivity index (χ2v) is 10.1. The van der Waals surface area contributed by atoms with Gasteiger partial charge in [-0.2, -0.15) is 4.98 Å². The fourth-order valence-electron chi connectivity index (χ4n) is 4.53. The molecule has 0 aliphatic heterocycles. The van der Waals surface area contributed by atoms with E-state index in [2.05, 4.69) is 46.7 Å². The van der Waals surface area contributed by atoms with Gasteiger partial charge in [0, 0.05) is 5.75 Å². The molecule has 0 spiro atoms. The highest BCUT2D eigenvalue weighted by Gasteiger charge is 2.38. The molecule has 8 heteroatoms. The van der Waals surface area contributed by atoms with Crippen LogP contribution in [0.15, 0.2) is 114 Å². The number of carbonyl (C=O) groups is 2. The molecule has 5 aromatic rings. The number of hydrogen-bond donors (Lipinski definition) is 2. The molecule has 0 aliphatic rings. The third-order valence-corrected chi connectivity index (χ3v) is 8.05. The second kappa shape index (κ2) is 11.4. The fourth-order valence-corrected chi connectivity index (χ4v) is 6.08. The van der Waals surface area contributed by atoms with Gasteiger partial charge >= 0.3 is 11.9 Å². The molecule has 7 nitrogen and oxygen atoms in total. The Morgan fingerprint density at radius 1 is 0.897 bits per heavy atom. The molecule has 0 saturated heterocycles. The highest BCUT2D eigenvalue weighted by atomic mass is 32.2. The lowest BCUT2D eigenvalue weighted by atomic mass is 9.84. The van der Waals surface area contributed by atoms with Crippen LogP contribution >= 0.6 is 11.8 Å². The summed E-state index contributed by atoms with van der Waals surface area (Å²) in [5, 5.41) is 13.1. The predicted octanol–water partition coefficient (Wildman–Crippen LogP) is 6.20. The van der Waals surface area contributed by atoms with E-state index in [0.717, 1.165) is 16.7 Å². The second-order valence-electron chi connectivity index (χ2n) is 8.82. The molecular weight excluding hydrogens is 512 g/mol. The van der Waals surface area contributed by atoms with Crippen LogP contribution < -0.4 is 5.32 Å². The van der Waals surface area contributed by atoms with Crippen molar-refractivity contribution in [3.05, 3.63) is 131 Å². The van der Waals surface area contributed by atoms with Crippen molar-refractivity contribution >= 4 is 40.8 Å². The van der Waals surface area contributed by atoms with E-state index in [1.165, 1.54) is 24.9 Å². The predicted molar refractivity (Wildman–Crippen MR) is 152 cm³/mol. The van der Waals surface area contributed by atoms with Gasteiger partial charge in [-0.1, -0.05) is 91.0 Å². The summed E-state index contributed by atoms with van der Waals surface area (Å²) in [5.74, 6) is -1.34. The maximum Gasteiger partial charge on any atom is 0.337 e. The van der Waals surface area contributed by atoms with Crippen LogP contribution in [0.2, 0.25) is 0 Å². The van der Waals surface area contributed by atoms with Gasteiger partial charge in [0.1, 0.15) is 11.6 Å². The SMILES string of the molecule is COC(=O)c1ccc2nc(N[C@@H](CSC(c3ccccc3)(c3ccccc3)c3ccccc3)C(=O)O)oc2c1. The molecule has 0 unspecified atom stereocenters. The number of carbonyl (C=O) groups excluding carboxylic acids is 1. The maximum absolute atomic E-state index is 12.4. The molecule has 0 bridgehead atoms. The van der Waals surface area contributed by atoms with E-state index in [4.69, 9.17) is 9.15 Å². The van der Waals surface area contributed by atoms with E-state index in [9.17, 15) is 14.7 Å². The van der Waals surface area contributed by atoms with Gasteiger partial charge in [0.2, 0.25) is 0 Å². The highest BCUT2D eigenvalue weighted by Crippen LogP contribution is 2.48. The van der Waals surface area contributed by atoms with Gasteiger partial charge in [-0.25, -0.2) is 9.59 Å². The van der Waals surface area contributed by atoms with Crippen molar-refractivity contribution in [3.8, 4) is 0 Å². The zero-order chi connectivity index (χ0) is 27.2. The third-order valence-electron chi connectivity index (χ3n) is 6.41. The van der Waals surface area contributed by atoms with Crippen LogP contribution in [0, 0.1) is 0 Å². The van der Waals surface area contributed by atoms with Crippen LogP contribution in [-0.4, -0.2) is 40.9 Å². The first-order valence-corrected chi connectivity index (χ1v) is 13.3. The zero-order valence-electron chi connectivity index (χ0n) is 21.1. The molecule has 1 aromatic heterocycles. The Morgan fingerprint density at radius 3 is 1.92 bits per heavy atom. The molecule has 1 atom stereocenters. The van der Waals surface area contributed by atoms with Crippen molar-refractivity contribution < 1.29 is 23.8 Å². The molecule has 1 heterocycles. The largest absolute Gasteiger partial charge is 0.480 e. The number of carboxylic acids is 1. The minimum absolute atomic E-state index is 0.0600. The minimum Gasteiger partial charge on any atom is -0.480 e. The molecule has 4 aromatic carbocycles. The molecule has 39 heavy (non-hydrogen) atoms. The normalized spacial score (nSPS) is 12.1. The quantitative estimate of drug-likeness (QED) is 0.160. The van der Waals surface area contributed by atoms with Crippen LogP contribution in [0.5, 0.6) is 0 Å². The number of hydrogen-bond acceptors (Lipinski definition) is 7. The van der Waals surface area contributed by atoms with Crippen LogP contribution in [0.4, 0.5) is 6.01 Å². The van der Waals surface area contributed by atoms with E-state index in [1.54, 1.807) is 12.1 Å². The van der Waals surface area contributed by atoms with E-state index < -0.39 is 22.7 Å².